The van der Waals surface area contributed by atoms with Crippen LogP contribution in [-0.2, 0) is 14.9 Å². The number of amides is 1. The molecule has 144 valence electrons. The van der Waals surface area contributed by atoms with Crippen LogP contribution >= 0.6 is 0 Å². The summed E-state index contributed by atoms with van der Waals surface area (Å²) in [6.07, 6.45) is 0. The predicted molar refractivity (Wildman–Crippen MR) is 98.6 cm³/mol. The molecule has 11 heteroatoms. The lowest BCUT2D eigenvalue weighted by Crippen LogP contribution is -2.29. The van der Waals surface area contributed by atoms with E-state index in [1.54, 1.807) is 19.1 Å². The quantitative estimate of drug-likeness (QED) is 0.579. The SMILES string of the molecule is CC1=NN(c2ccc(S(=O)(=O)O)cc2)C(=O)C1/N=N/c1ccccc1C(=O)O. The van der Waals surface area contributed by atoms with E-state index in [2.05, 4.69) is 15.3 Å². The molecule has 0 spiro atoms. The molecule has 2 N–H and O–H groups in total. The molecular formula is C17H14N4O6S. The highest BCUT2D eigenvalue weighted by Gasteiger charge is 2.35. The third-order valence-corrected chi connectivity index (χ3v) is 4.76. The van der Waals surface area contributed by atoms with Crippen molar-refractivity contribution in [1.82, 2.24) is 0 Å². The average Bonchev–Trinajstić information content (AvgIpc) is 2.93. The lowest BCUT2D eigenvalue weighted by atomic mass is 10.2. The average molecular weight is 402 g/mol. The monoisotopic (exact) mass is 402 g/mol. The van der Waals surface area contributed by atoms with Crippen molar-refractivity contribution in [3.05, 3.63) is 54.1 Å². The summed E-state index contributed by atoms with van der Waals surface area (Å²) in [7, 11) is -4.35. The van der Waals surface area contributed by atoms with Gasteiger partial charge >= 0.3 is 5.97 Å². The molecule has 10 nitrogen and oxygen atoms in total. The minimum absolute atomic E-state index is 0.0519. The third kappa shape index (κ3) is 3.80. The maximum Gasteiger partial charge on any atom is 0.337 e. The van der Waals surface area contributed by atoms with Gasteiger partial charge in [0.2, 0.25) is 0 Å². The summed E-state index contributed by atoms with van der Waals surface area (Å²) >= 11 is 0. The first-order valence-electron chi connectivity index (χ1n) is 7.88. The highest BCUT2D eigenvalue weighted by molar-refractivity contribution is 7.85. The van der Waals surface area contributed by atoms with E-state index in [0.717, 1.165) is 17.1 Å². The van der Waals surface area contributed by atoms with E-state index in [4.69, 9.17) is 4.55 Å². The lowest BCUT2D eigenvalue weighted by Gasteiger charge is -2.12. The normalized spacial score (nSPS) is 17.2. The van der Waals surface area contributed by atoms with Gasteiger partial charge in [0.15, 0.2) is 6.04 Å². The number of hydrogen-bond acceptors (Lipinski definition) is 7. The second-order valence-electron chi connectivity index (χ2n) is 5.80. The highest BCUT2D eigenvalue weighted by atomic mass is 32.2. The van der Waals surface area contributed by atoms with Gasteiger partial charge in [-0.25, -0.2) is 4.79 Å². The molecule has 0 aromatic heterocycles. The Bertz CT molecular complexity index is 1110. The van der Waals surface area contributed by atoms with E-state index < -0.39 is 28.0 Å². The number of anilines is 1. The first-order valence-corrected chi connectivity index (χ1v) is 9.32. The van der Waals surface area contributed by atoms with Crippen LogP contribution in [0.15, 0.2) is 68.8 Å². The molecule has 1 heterocycles. The molecule has 0 fully saturated rings. The molecule has 28 heavy (non-hydrogen) atoms. The van der Waals surface area contributed by atoms with Crippen LogP contribution in [-0.4, -0.2) is 41.7 Å². The third-order valence-electron chi connectivity index (χ3n) is 3.89. The van der Waals surface area contributed by atoms with Crippen LogP contribution in [0.2, 0.25) is 0 Å². The number of aromatic carboxylic acids is 1. The lowest BCUT2D eigenvalue weighted by molar-refractivity contribution is -0.117. The first kappa shape index (κ1) is 19.3. The Morgan fingerprint density at radius 2 is 1.79 bits per heavy atom. The summed E-state index contributed by atoms with van der Waals surface area (Å²) in [5, 5.41) is 22.1. The molecular weight excluding hydrogens is 388 g/mol. The van der Waals surface area contributed by atoms with Gasteiger partial charge in [0.1, 0.15) is 0 Å². The number of carbonyl (C=O) groups is 2. The van der Waals surface area contributed by atoms with Crippen LogP contribution in [0.5, 0.6) is 0 Å². The summed E-state index contributed by atoms with van der Waals surface area (Å²) in [6, 6.07) is 9.86. The number of nitrogens with zero attached hydrogens (tertiary/aromatic N) is 4. The van der Waals surface area contributed by atoms with Gasteiger partial charge in [-0.1, -0.05) is 12.1 Å². The van der Waals surface area contributed by atoms with Crippen molar-refractivity contribution < 1.29 is 27.7 Å². The molecule has 0 radical (unpaired) electrons. The van der Waals surface area contributed by atoms with E-state index in [9.17, 15) is 23.1 Å². The van der Waals surface area contributed by atoms with Gasteiger partial charge in [-0.15, -0.1) is 0 Å². The van der Waals surface area contributed by atoms with Crippen molar-refractivity contribution >= 4 is 39.1 Å². The second-order valence-corrected chi connectivity index (χ2v) is 7.22. The van der Waals surface area contributed by atoms with Gasteiger partial charge in [-0.2, -0.15) is 28.8 Å². The molecule has 0 bridgehead atoms. The van der Waals surface area contributed by atoms with Crippen molar-refractivity contribution in [2.45, 2.75) is 17.9 Å². The number of hydrazone groups is 1. The minimum atomic E-state index is -4.35. The number of hydrogen-bond donors (Lipinski definition) is 2. The number of carboxylic acids is 1. The van der Waals surface area contributed by atoms with Crippen molar-refractivity contribution in [2.75, 3.05) is 5.01 Å². The van der Waals surface area contributed by atoms with Gasteiger partial charge in [-0.05, 0) is 43.3 Å². The Hall–Kier alpha value is -3.44. The van der Waals surface area contributed by atoms with Crippen LogP contribution in [0.25, 0.3) is 0 Å². The number of carbonyl (C=O) groups excluding carboxylic acids is 1. The fourth-order valence-corrected chi connectivity index (χ4v) is 2.98. The summed E-state index contributed by atoms with van der Waals surface area (Å²) in [5.74, 6) is -1.70. The zero-order chi connectivity index (χ0) is 20.5. The molecule has 1 amide bonds. The zero-order valence-corrected chi connectivity index (χ0v) is 15.2. The van der Waals surface area contributed by atoms with E-state index in [-0.39, 0.29) is 21.8 Å². The van der Waals surface area contributed by atoms with E-state index in [1.165, 1.54) is 24.3 Å². The molecule has 1 atom stereocenters. The molecule has 1 unspecified atom stereocenters. The number of carboxylic acid groups (broad SMARTS) is 1. The molecule has 1 aliphatic rings. The molecule has 0 saturated carbocycles. The Morgan fingerprint density at radius 3 is 2.39 bits per heavy atom. The molecule has 0 aliphatic carbocycles. The van der Waals surface area contributed by atoms with Gasteiger partial charge in [0.25, 0.3) is 16.0 Å². The molecule has 1 aliphatic heterocycles. The molecule has 2 aromatic rings. The van der Waals surface area contributed by atoms with Crippen molar-refractivity contribution in [3.8, 4) is 0 Å². The number of benzene rings is 2. The Labute approximate surface area is 159 Å². The van der Waals surface area contributed by atoms with Crippen molar-refractivity contribution in [1.29, 1.82) is 0 Å². The van der Waals surface area contributed by atoms with Crippen molar-refractivity contribution in [3.63, 3.8) is 0 Å². The predicted octanol–water partition coefficient (Wildman–Crippen LogP) is 2.51. The Balaban J connectivity index is 1.85. The Kier molecular flexibility index (Phi) is 5.03. The Morgan fingerprint density at radius 1 is 1.14 bits per heavy atom. The van der Waals surface area contributed by atoms with Crippen LogP contribution in [0.4, 0.5) is 11.4 Å². The fraction of sp³-hybridized carbons (Fsp3) is 0.118. The number of rotatable bonds is 5. The van der Waals surface area contributed by atoms with E-state index in [0.29, 0.717) is 5.71 Å². The number of azo groups is 1. The van der Waals surface area contributed by atoms with Gasteiger partial charge in [0, 0.05) is 0 Å². The summed E-state index contributed by atoms with van der Waals surface area (Å²) in [6.45, 7) is 1.57. The summed E-state index contributed by atoms with van der Waals surface area (Å²) in [5.41, 5.74) is 0.663. The van der Waals surface area contributed by atoms with Crippen LogP contribution < -0.4 is 5.01 Å². The van der Waals surface area contributed by atoms with Gasteiger partial charge in [0.05, 0.1) is 27.5 Å². The maximum absolute atomic E-state index is 12.6. The van der Waals surface area contributed by atoms with E-state index >= 15 is 0 Å². The molecule has 0 saturated heterocycles. The van der Waals surface area contributed by atoms with E-state index in [1.807, 2.05) is 0 Å². The topological polar surface area (TPSA) is 149 Å². The highest BCUT2D eigenvalue weighted by Crippen LogP contribution is 2.25. The molecule has 2 aromatic carbocycles. The second kappa shape index (κ2) is 7.29. The fourth-order valence-electron chi connectivity index (χ4n) is 2.50. The maximum atomic E-state index is 12.6. The summed E-state index contributed by atoms with van der Waals surface area (Å²) < 4.78 is 31.2. The molecule has 3 rings (SSSR count). The van der Waals surface area contributed by atoms with Crippen molar-refractivity contribution in [2.24, 2.45) is 15.3 Å². The van der Waals surface area contributed by atoms with Crippen LogP contribution in [0, 0.1) is 0 Å². The largest absolute Gasteiger partial charge is 0.478 e. The zero-order valence-electron chi connectivity index (χ0n) is 14.4. The van der Waals surface area contributed by atoms with Crippen LogP contribution in [0.3, 0.4) is 0 Å². The minimum Gasteiger partial charge on any atom is -0.478 e. The summed E-state index contributed by atoms with van der Waals surface area (Å²) in [4.78, 5) is 23.5. The standard InChI is InChI=1S/C17H14N4O6S/c1-10-15(19-18-14-5-3-2-4-13(14)17(23)24)16(22)21(20-10)11-6-8-12(9-7-11)28(25,26)27/h2-9,15H,1H3,(H,23,24)(H,25,26,27)/b19-18+. The smallest absolute Gasteiger partial charge is 0.337 e. The first-order chi connectivity index (χ1) is 13.2. The van der Waals surface area contributed by atoms with Gasteiger partial charge < -0.3 is 5.11 Å². The van der Waals surface area contributed by atoms with Crippen LogP contribution in [0.1, 0.15) is 17.3 Å². The van der Waals surface area contributed by atoms with Gasteiger partial charge in [-0.3, -0.25) is 9.35 Å².